The van der Waals surface area contributed by atoms with Gasteiger partial charge in [-0.2, -0.15) is 5.26 Å². The Hall–Kier alpha value is -3.38. The molecule has 0 unspecified atom stereocenters. The molecule has 3 aromatic rings. The number of carbonyl (C=O) groups is 1. The molecule has 0 heterocycles. The van der Waals surface area contributed by atoms with Crippen LogP contribution in [0.4, 0.5) is 0 Å². The molecular weight excluding hydrogens is 332 g/mol. The zero-order chi connectivity index (χ0) is 18.9. The van der Waals surface area contributed by atoms with E-state index in [0.29, 0.717) is 25.1 Å². The summed E-state index contributed by atoms with van der Waals surface area (Å²) in [6.45, 7) is 1.05. The van der Waals surface area contributed by atoms with E-state index < -0.39 is 0 Å². The molecule has 0 saturated heterocycles. The zero-order valence-corrected chi connectivity index (χ0v) is 15.2. The molecule has 0 aliphatic rings. The first-order valence-electron chi connectivity index (χ1n) is 9.13. The fourth-order valence-electron chi connectivity index (χ4n) is 3.03. The zero-order valence-electron chi connectivity index (χ0n) is 15.2. The summed E-state index contributed by atoms with van der Waals surface area (Å²) in [5.74, 6) is -0.0270. The van der Waals surface area contributed by atoms with E-state index in [1.165, 1.54) is 5.56 Å². The van der Waals surface area contributed by atoms with Gasteiger partial charge < -0.3 is 4.90 Å². The smallest absolute Gasteiger partial charge is 0.253 e. The van der Waals surface area contributed by atoms with Crippen LogP contribution >= 0.6 is 0 Å². The second-order valence-electron chi connectivity index (χ2n) is 6.38. The van der Waals surface area contributed by atoms with Crippen molar-refractivity contribution in [1.29, 1.82) is 5.26 Å². The van der Waals surface area contributed by atoms with E-state index in [1.54, 1.807) is 4.90 Å². The van der Waals surface area contributed by atoms with E-state index in [2.05, 4.69) is 30.3 Å². The van der Waals surface area contributed by atoms with Crippen LogP contribution in [0.3, 0.4) is 0 Å². The van der Waals surface area contributed by atoms with Gasteiger partial charge in [0.1, 0.15) is 0 Å². The van der Waals surface area contributed by atoms with Crippen molar-refractivity contribution in [3.8, 4) is 17.2 Å². The topological polar surface area (TPSA) is 44.1 Å². The molecule has 0 saturated carbocycles. The third-order valence-electron chi connectivity index (χ3n) is 4.53. The fourth-order valence-corrected chi connectivity index (χ4v) is 3.03. The standard InChI is InChI=1S/C24H22N2O/c25-17-7-18-26(19-16-20-8-3-1-4-9-20)24(27)23-14-12-22(13-15-23)21-10-5-2-6-11-21/h1-6,8-15H,7,16,18-19H2. The number of rotatable bonds is 7. The summed E-state index contributed by atoms with van der Waals surface area (Å²) in [6.07, 6.45) is 1.11. The molecule has 3 rings (SSSR count). The first kappa shape index (κ1) is 18.4. The van der Waals surface area contributed by atoms with E-state index in [9.17, 15) is 4.79 Å². The molecule has 27 heavy (non-hydrogen) atoms. The van der Waals surface area contributed by atoms with Gasteiger partial charge in [0.2, 0.25) is 0 Å². The average Bonchev–Trinajstić information content (AvgIpc) is 2.75. The molecule has 1 amide bonds. The summed E-state index contributed by atoms with van der Waals surface area (Å²) in [4.78, 5) is 14.7. The molecule has 0 radical (unpaired) electrons. The molecule has 0 spiro atoms. The Morgan fingerprint density at radius 3 is 2.00 bits per heavy atom. The minimum atomic E-state index is -0.0270. The highest BCUT2D eigenvalue weighted by Gasteiger charge is 2.15. The van der Waals surface area contributed by atoms with Crippen LogP contribution in [0.25, 0.3) is 11.1 Å². The van der Waals surface area contributed by atoms with Crippen molar-refractivity contribution in [1.82, 2.24) is 4.90 Å². The van der Waals surface area contributed by atoms with Gasteiger partial charge in [-0.15, -0.1) is 0 Å². The molecule has 0 aliphatic heterocycles. The van der Waals surface area contributed by atoms with Crippen LogP contribution in [0.5, 0.6) is 0 Å². The van der Waals surface area contributed by atoms with Gasteiger partial charge in [-0.25, -0.2) is 0 Å². The summed E-state index contributed by atoms with van der Waals surface area (Å²) in [5, 5.41) is 8.93. The van der Waals surface area contributed by atoms with Crippen molar-refractivity contribution in [2.24, 2.45) is 0 Å². The first-order valence-corrected chi connectivity index (χ1v) is 9.13. The summed E-state index contributed by atoms with van der Waals surface area (Å²) in [5.41, 5.74) is 4.05. The lowest BCUT2D eigenvalue weighted by atomic mass is 10.0. The normalized spacial score (nSPS) is 10.2. The number of benzene rings is 3. The molecule has 0 bridgehead atoms. The SMILES string of the molecule is N#CCCN(CCc1ccccc1)C(=O)c1ccc(-c2ccccc2)cc1. The van der Waals surface area contributed by atoms with Crippen LogP contribution in [0, 0.1) is 11.3 Å². The molecule has 0 fully saturated rings. The van der Waals surface area contributed by atoms with E-state index in [4.69, 9.17) is 5.26 Å². The Bertz CT molecular complexity index is 897. The van der Waals surface area contributed by atoms with Gasteiger partial charge in [0.25, 0.3) is 5.91 Å². The molecule has 3 heteroatoms. The highest BCUT2D eigenvalue weighted by atomic mass is 16.2. The Kier molecular flexibility index (Phi) is 6.38. The van der Waals surface area contributed by atoms with Crippen molar-refractivity contribution in [2.45, 2.75) is 12.8 Å². The lowest BCUT2D eigenvalue weighted by Crippen LogP contribution is -2.33. The average molecular weight is 354 g/mol. The van der Waals surface area contributed by atoms with Gasteiger partial charge in [-0.05, 0) is 35.2 Å². The van der Waals surface area contributed by atoms with E-state index >= 15 is 0 Å². The van der Waals surface area contributed by atoms with Crippen LogP contribution in [-0.2, 0) is 6.42 Å². The third-order valence-corrected chi connectivity index (χ3v) is 4.53. The fraction of sp³-hybridized carbons (Fsp3) is 0.167. The molecule has 0 aliphatic carbocycles. The van der Waals surface area contributed by atoms with Gasteiger partial charge in [0.05, 0.1) is 12.5 Å². The maximum atomic E-state index is 12.9. The molecule has 0 N–H and O–H groups in total. The van der Waals surface area contributed by atoms with Gasteiger partial charge in [-0.3, -0.25) is 4.79 Å². The Morgan fingerprint density at radius 1 is 0.778 bits per heavy atom. The van der Waals surface area contributed by atoms with Crippen LogP contribution in [0.2, 0.25) is 0 Å². The third kappa shape index (κ3) is 5.05. The Morgan fingerprint density at radius 2 is 1.37 bits per heavy atom. The van der Waals surface area contributed by atoms with E-state index in [0.717, 1.165) is 17.5 Å². The van der Waals surface area contributed by atoms with Gasteiger partial charge in [0.15, 0.2) is 0 Å². The van der Waals surface area contributed by atoms with E-state index in [-0.39, 0.29) is 5.91 Å². The molecule has 134 valence electrons. The van der Waals surface area contributed by atoms with Crippen LogP contribution in [-0.4, -0.2) is 23.9 Å². The number of amides is 1. The minimum absolute atomic E-state index is 0.0270. The number of hydrogen-bond acceptors (Lipinski definition) is 2. The van der Waals surface area contributed by atoms with Crippen molar-refractivity contribution >= 4 is 5.91 Å². The summed E-state index contributed by atoms with van der Waals surface area (Å²) < 4.78 is 0. The quantitative estimate of drug-likeness (QED) is 0.602. The maximum absolute atomic E-state index is 12.9. The van der Waals surface area contributed by atoms with E-state index in [1.807, 2.05) is 60.7 Å². The number of hydrogen-bond donors (Lipinski definition) is 0. The monoisotopic (exact) mass is 354 g/mol. The number of nitriles is 1. The summed E-state index contributed by atoms with van der Waals surface area (Å²) in [7, 11) is 0. The second-order valence-corrected chi connectivity index (χ2v) is 6.38. The highest BCUT2D eigenvalue weighted by Crippen LogP contribution is 2.20. The molecule has 0 aromatic heterocycles. The predicted molar refractivity (Wildman–Crippen MR) is 108 cm³/mol. The molecule has 3 nitrogen and oxygen atoms in total. The Labute approximate surface area is 160 Å². The van der Waals surface area contributed by atoms with Crippen molar-refractivity contribution < 1.29 is 4.79 Å². The van der Waals surface area contributed by atoms with Gasteiger partial charge in [0, 0.05) is 18.7 Å². The van der Waals surface area contributed by atoms with Crippen molar-refractivity contribution in [2.75, 3.05) is 13.1 Å². The predicted octanol–water partition coefficient (Wildman–Crippen LogP) is 4.95. The summed E-state index contributed by atoms with van der Waals surface area (Å²) in [6, 6.07) is 30.0. The highest BCUT2D eigenvalue weighted by molar-refractivity contribution is 5.94. The van der Waals surface area contributed by atoms with Crippen molar-refractivity contribution in [3.63, 3.8) is 0 Å². The summed E-state index contributed by atoms with van der Waals surface area (Å²) >= 11 is 0. The molecular formula is C24H22N2O. The van der Waals surface area contributed by atoms with Gasteiger partial charge >= 0.3 is 0 Å². The maximum Gasteiger partial charge on any atom is 0.253 e. The molecule has 0 atom stereocenters. The van der Waals surface area contributed by atoms with Crippen LogP contribution < -0.4 is 0 Å². The second kappa shape index (κ2) is 9.35. The number of carbonyl (C=O) groups excluding carboxylic acids is 1. The number of nitrogens with zero attached hydrogens (tertiary/aromatic N) is 2. The van der Waals surface area contributed by atoms with Crippen LogP contribution in [0.15, 0.2) is 84.9 Å². The minimum Gasteiger partial charge on any atom is -0.337 e. The lowest BCUT2D eigenvalue weighted by Gasteiger charge is -2.22. The van der Waals surface area contributed by atoms with Gasteiger partial charge in [-0.1, -0.05) is 72.8 Å². The largest absolute Gasteiger partial charge is 0.337 e. The first-order chi connectivity index (χ1) is 13.3. The van der Waals surface area contributed by atoms with Crippen molar-refractivity contribution in [3.05, 3.63) is 96.1 Å². The lowest BCUT2D eigenvalue weighted by molar-refractivity contribution is 0.0761. The Balaban J connectivity index is 1.72. The van der Waals surface area contributed by atoms with Crippen LogP contribution in [0.1, 0.15) is 22.3 Å². The molecule has 3 aromatic carbocycles.